The van der Waals surface area contributed by atoms with E-state index in [0.29, 0.717) is 13.1 Å². The van der Waals surface area contributed by atoms with Crippen molar-refractivity contribution in [2.45, 2.75) is 24.9 Å². The lowest BCUT2D eigenvalue weighted by atomic mass is 10.1. The summed E-state index contributed by atoms with van der Waals surface area (Å²) in [5.41, 5.74) is 2.16. The number of anilines is 1. The fourth-order valence-corrected chi connectivity index (χ4v) is 6.64. The average molecular weight is 498 g/mol. The van der Waals surface area contributed by atoms with E-state index in [9.17, 15) is 9.90 Å². The predicted molar refractivity (Wildman–Crippen MR) is 132 cm³/mol. The van der Waals surface area contributed by atoms with Crippen LogP contribution in [0.15, 0.2) is 70.5 Å². The largest absolute Gasteiger partial charge is 1.00 e. The Morgan fingerprint density at radius 3 is 2.67 bits per heavy atom. The van der Waals surface area contributed by atoms with Gasteiger partial charge >= 0.3 is 0 Å². The molecule has 2 aromatic carbocycles. The Labute approximate surface area is 206 Å². The van der Waals surface area contributed by atoms with Crippen molar-refractivity contribution in [2.75, 3.05) is 18.6 Å². The number of aliphatic hydroxyl groups excluding tert-OH is 1. The molecule has 1 aliphatic rings. The second kappa shape index (κ2) is 9.73. The molecule has 2 aromatic heterocycles. The van der Waals surface area contributed by atoms with E-state index in [1.165, 1.54) is 27.0 Å². The zero-order valence-corrected chi connectivity index (χ0v) is 20.8. The van der Waals surface area contributed by atoms with E-state index in [0.717, 1.165) is 25.6 Å². The lowest BCUT2D eigenvalue weighted by Crippen LogP contribution is -3.00. The van der Waals surface area contributed by atoms with Crippen molar-refractivity contribution in [1.29, 1.82) is 0 Å². The molecular weight excluding hydrogens is 474 g/mol. The first-order valence-electron chi connectivity index (χ1n) is 10.6. The van der Waals surface area contributed by atoms with Crippen LogP contribution in [0.5, 0.6) is 0 Å². The number of thioether (sulfide) groups is 1. The smallest absolute Gasteiger partial charge is 0.271 e. The van der Waals surface area contributed by atoms with Crippen molar-refractivity contribution in [3.63, 3.8) is 0 Å². The Kier molecular flexibility index (Phi) is 6.95. The van der Waals surface area contributed by atoms with E-state index in [1.54, 1.807) is 11.8 Å². The number of rotatable bonds is 4. The molecule has 0 atom stereocenters. The van der Waals surface area contributed by atoms with Crippen molar-refractivity contribution in [1.82, 2.24) is 4.57 Å². The highest BCUT2D eigenvalue weighted by molar-refractivity contribution is 8.08. The number of nitrogens with zero attached hydrogens (tertiary/aromatic N) is 3. The van der Waals surface area contributed by atoms with E-state index in [1.807, 2.05) is 53.6 Å². The zero-order valence-electron chi connectivity index (χ0n) is 18.4. The molecule has 0 unspecified atom stereocenters. The summed E-state index contributed by atoms with van der Waals surface area (Å²) in [7, 11) is 2.05. The van der Waals surface area contributed by atoms with Gasteiger partial charge in [-0.05, 0) is 24.4 Å². The number of thiazole rings is 1. The van der Waals surface area contributed by atoms with Crippen LogP contribution in [0.3, 0.4) is 0 Å². The van der Waals surface area contributed by atoms with Gasteiger partial charge in [0.25, 0.3) is 5.56 Å². The van der Waals surface area contributed by atoms with Crippen LogP contribution in [0.25, 0.3) is 21.9 Å². The van der Waals surface area contributed by atoms with Gasteiger partial charge in [-0.25, -0.2) is 0 Å². The van der Waals surface area contributed by atoms with Crippen LogP contribution in [0.4, 0.5) is 5.69 Å². The summed E-state index contributed by atoms with van der Waals surface area (Å²) in [5.74, 6) is 0. The molecule has 170 valence electrons. The van der Waals surface area contributed by atoms with Crippen LogP contribution in [-0.4, -0.2) is 23.3 Å². The third kappa shape index (κ3) is 4.10. The first kappa shape index (κ1) is 23.6. The molecule has 5 rings (SSSR count). The normalized spacial score (nSPS) is 15.1. The SMILES string of the molecule is CCn1c(=O)/c(=C2\Sc3ccc4ccccc4c3N2C)s/c1=C\c1cccc[n+]1CCO.[Cl-]. The summed E-state index contributed by atoms with van der Waals surface area (Å²) >= 11 is 3.19. The molecule has 0 bridgehead atoms. The van der Waals surface area contributed by atoms with Gasteiger partial charge in [-0.1, -0.05) is 42.1 Å². The molecule has 4 aromatic rings. The molecular formula is C25H24ClN3O2S2. The van der Waals surface area contributed by atoms with E-state index in [-0.39, 0.29) is 24.6 Å². The molecule has 0 saturated heterocycles. The van der Waals surface area contributed by atoms with E-state index in [4.69, 9.17) is 0 Å². The zero-order chi connectivity index (χ0) is 22.2. The molecule has 0 saturated carbocycles. The van der Waals surface area contributed by atoms with Gasteiger partial charge in [-0.3, -0.25) is 9.36 Å². The maximum Gasteiger partial charge on any atom is 0.271 e. The topological polar surface area (TPSA) is 49.4 Å². The van der Waals surface area contributed by atoms with Crippen LogP contribution in [0, 0.1) is 0 Å². The third-order valence-electron chi connectivity index (χ3n) is 5.72. The molecule has 33 heavy (non-hydrogen) atoms. The number of hydrogen-bond donors (Lipinski definition) is 1. The summed E-state index contributed by atoms with van der Waals surface area (Å²) in [4.78, 5) is 16.7. The van der Waals surface area contributed by atoms with Crippen LogP contribution in [0.2, 0.25) is 0 Å². The Morgan fingerprint density at radius 1 is 1.09 bits per heavy atom. The first-order valence-corrected chi connectivity index (χ1v) is 12.2. The standard InChI is InChI=1S/C25H24N3O2S2.ClH/c1-3-28-21(16-18-9-6-7-13-27(18)14-15-29)32-23(24(28)30)25-26(2)22-19-10-5-4-8-17(19)11-12-20(22)31-25;/h4-13,16,29H,3,14-15H2,1-2H3;1H/q+1;/p-1/b25-23+;. The maximum absolute atomic E-state index is 13.4. The number of fused-ring (bicyclic) bond motifs is 3. The molecule has 0 fully saturated rings. The Hall–Kier alpha value is -2.58. The fourth-order valence-electron chi connectivity index (χ4n) is 4.16. The fraction of sp³-hybridized carbons (Fsp3) is 0.200. The van der Waals surface area contributed by atoms with Crippen LogP contribution < -0.4 is 36.6 Å². The van der Waals surface area contributed by atoms with Gasteiger partial charge in [0, 0.05) is 42.1 Å². The number of aliphatic hydroxyl groups is 1. The quantitative estimate of drug-likeness (QED) is 0.386. The minimum atomic E-state index is 0. The van der Waals surface area contributed by atoms with Gasteiger partial charge in [0.05, 0.1) is 5.69 Å². The van der Waals surface area contributed by atoms with E-state index in [2.05, 4.69) is 41.3 Å². The Bertz CT molecular complexity index is 1510. The van der Waals surface area contributed by atoms with Crippen molar-refractivity contribution in [3.05, 3.63) is 86.0 Å². The summed E-state index contributed by atoms with van der Waals surface area (Å²) in [6.45, 7) is 3.18. The van der Waals surface area contributed by atoms with Crippen LogP contribution >= 0.6 is 23.1 Å². The van der Waals surface area contributed by atoms with E-state index >= 15 is 0 Å². The summed E-state index contributed by atoms with van der Waals surface area (Å²) < 4.78 is 5.50. The molecule has 1 aliphatic heterocycles. The van der Waals surface area contributed by atoms with Gasteiger partial charge in [-0.2, -0.15) is 4.57 Å². The molecule has 0 amide bonds. The van der Waals surface area contributed by atoms with Gasteiger partial charge in [-0.15, -0.1) is 11.3 Å². The number of pyridine rings is 1. The van der Waals surface area contributed by atoms with E-state index < -0.39 is 0 Å². The van der Waals surface area contributed by atoms with Gasteiger partial charge in [0.2, 0.25) is 5.69 Å². The van der Waals surface area contributed by atoms with Crippen molar-refractivity contribution in [2.24, 2.45) is 0 Å². The molecule has 8 heteroatoms. The second-order valence-electron chi connectivity index (χ2n) is 7.61. The van der Waals surface area contributed by atoms with Crippen molar-refractivity contribution < 1.29 is 22.1 Å². The third-order valence-corrected chi connectivity index (χ3v) is 8.19. The molecule has 5 nitrogen and oxygen atoms in total. The van der Waals surface area contributed by atoms with Gasteiger partial charge < -0.3 is 22.4 Å². The number of benzene rings is 2. The molecule has 0 aliphatic carbocycles. The highest BCUT2D eigenvalue weighted by Crippen LogP contribution is 2.48. The lowest BCUT2D eigenvalue weighted by molar-refractivity contribution is -0.699. The predicted octanol–water partition coefficient (Wildman–Crippen LogP) is -0.497. The van der Waals surface area contributed by atoms with Crippen LogP contribution in [0.1, 0.15) is 12.6 Å². The minimum absolute atomic E-state index is 0. The van der Waals surface area contributed by atoms with Crippen molar-refractivity contribution >= 4 is 50.7 Å². The Balaban J connectivity index is 0.00000259. The molecule has 3 heterocycles. The van der Waals surface area contributed by atoms with Gasteiger partial charge in [0.1, 0.15) is 20.8 Å². The number of aromatic nitrogens is 2. The molecule has 0 radical (unpaired) electrons. The average Bonchev–Trinajstić information content (AvgIpc) is 3.31. The summed E-state index contributed by atoms with van der Waals surface area (Å²) in [6, 6.07) is 18.6. The number of halogens is 1. The monoisotopic (exact) mass is 497 g/mol. The van der Waals surface area contributed by atoms with Crippen molar-refractivity contribution in [3.8, 4) is 0 Å². The highest BCUT2D eigenvalue weighted by atomic mass is 35.5. The summed E-state index contributed by atoms with van der Waals surface area (Å²) in [5, 5.41) is 12.8. The Morgan fingerprint density at radius 2 is 1.88 bits per heavy atom. The lowest BCUT2D eigenvalue weighted by Gasteiger charge is -2.15. The molecule has 0 spiro atoms. The molecule has 1 N–H and O–H groups in total. The maximum atomic E-state index is 13.4. The first-order chi connectivity index (χ1) is 15.6. The van der Waals surface area contributed by atoms with Crippen LogP contribution in [-0.2, 0) is 13.1 Å². The second-order valence-corrected chi connectivity index (χ2v) is 9.67. The summed E-state index contributed by atoms with van der Waals surface area (Å²) in [6.07, 6.45) is 3.99. The number of hydrogen-bond acceptors (Lipinski definition) is 5. The minimum Gasteiger partial charge on any atom is -1.00 e. The highest BCUT2D eigenvalue weighted by Gasteiger charge is 2.26. The van der Waals surface area contributed by atoms with Gasteiger partial charge in [0.15, 0.2) is 12.7 Å².